The van der Waals surface area contributed by atoms with Crippen molar-refractivity contribution >= 4 is 27.8 Å². The molecule has 0 bridgehead atoms. The fourth-order valence-electron chi connectivity index (χ4n) is 1.17. The minimum absolute atomic E-state index is 0.00921. The van der Waals surface area contributed by atoms with Gasteiger partial charge >= 0.3 is 11.9 Å². The molecule has 0 unspecified atom stereocenters. The van der Waals surface area contributed by atoms with Crippen molar-refractivity contribution in [2.45, 2.75) is 0 Å². The zero-order valence-corrected chi connectivity index (χ0v) is 10.1. The first-order chi connectivity index (χ1) is 8.49. The molecule has 0 amide bonds. The minimum Gasteiger partial charge on any atom is -0.478 e. The molecule has 0 fully saturated rings. The number of hydrogen-bond donors (Lipinski definition) is 1. The summed E-state index contributed by atoms with van der Waals surface area (Å²) in [4.78, 5) is 27.9. The number of pyridine rings is 1. The Morgan fingerprint density at radius 2 is 2.28 bits per heavy atom. The van der Waals surface area contributed by atoms with Crippen LogP contribution in [0.3, 0.4) is 0 Å². The monoisotopic (exact) mass is 313 g/mol. The molecule has 10 heteroatoms. The van der Waals surface area contributed by atoms with Gasteiger partial charge in [-0.3, -0.25) is 0 Å². The number of rotatable bonds is 3. The molecular weight excluding hydrogens is 310 g/mol. The molecule has 2 rings (SSSR count). The lowest BCUT2D eigenvalue weighted by atomic mass is 10.3. The molecule has 2 aromatic rings. The molecule has 0 radical (unpaired) electrons. The van der Waals surface area contributed by atoms with Crippen molar-refractivity contribution in [3.63, 3.8) is 0 Å². The second kappa shape index (κ2) is 4.49. The number of aromatic carboxylic acids is 1. The van der Waals surface area contributed by atoms with E-state index in [0.717, 1.165) is 4.68 Å². The smallest absolute Gasteiger partial charge is 0.478 e. The Morgan fingerprint density at radius 1 is 1.56 bits per heavy atom. The lowest BCUT2D eigenvalue weighted by Crippen LogP contribution is -2.04. The summed E-state index contributed by atoms with van der Waals surface area (Å²) in [5.74, 6) is -1.63. The van der Waals surface area contributed by atoms with Gasteiger partial charge in [-0.25, -0.2) is 9.78 Å². The summed E-state index contributed by atoms with van der Waals surface area (Å²) in [5.41, 5.74) is -0.00921. The van der Waals surface area contributed by atoms with Gasteiger partial charge in [0.15, 0.2) is 5.82 Å². The van der Waals surface area contributed by atoms with Gasteiger partial charge in [-0.2, -0.15) is 0 Å². The number of carboxylic acids is 1. The number of nitro groups is 1. The van der Waals surface area contributed by atoms with Crippen molar-refractivity contribution in [3.05, 3.63) is 38.7 Å². The average Bonchev–Trinajstić information content (AvgIpc) is 2.72. The molecule has 9 nitrogen and oxygen atoms in total. The fraction of sp³-hybridized carbons (Fsp3) is 0. The predicted molar refractivity (Wildman–Crippen MR) is 60.5 cm³/mol. The second-order valence-electron chi connectivity index (χ2n) is 3.06. The van der Waals surface area contributed by atoms with Crippen molar-refractivity contribution in [3.8, 4) is 5.82 Å². The second-order valence-corrected chi connectivity index (χ2v) is 3.77. The molecule has 0 aliphatic heterocycles. The molecule has 0 aliphatic carbocycles. The van der Waals surface area contributed by atoms with Crippen LogP contribution >= 0.6 is 15.9 Å². The molecule has 0 saturated heterocycles. The third-order valence-corrected chi connectivity index (χ3v) is 2.44. The molecule has 2 heterocycles. The first kappa shape index (κ1) is 12.1. The van der Waals surface area contributed by atoms with Gasteiger partial charge in [0.1, 0.15) is 0 Å². The molecule has 0 spiro atoms. The van der Waals surface area contributed by atoms with Gasteiger partial charge in [0.05, 0.1) is 5.56 Å². The topological polar surface area (TPSA) is 124 Å². The van der Waals surface area contributed by atoms with Crippen LogP contribution in [0.1, 0.15) is 10.4 Å². The summed E-state index contributed by atoms with van der Waals surface area (Å²) < 4.78 is 1.09. The Kier molecular flexibility index (Phi) is 3.02. The Hall–Kier alpha value is -2.36. The van der Waals surface area contributed by atoms with E-state index in [1.54, 1.807) is 0 Å². The number of nitrogens with zero attached hydrogens (tertiary/aromatic N) is 5. The summed E-state index contributed by atoms with van der Waals surface area (Å²) in [7, 11) is 0. The maximum absolute atomic E-state index is 10.8. The fourth-order valence-corrected chi connectivity index (χ4v) is 1.59. The van der Waals surface area contributed by atoms with Crippen molar-refractivity contribution in [2.75, 3.05) is 0 Å². The van der Waals surface area contributed by atoms with Gasteiger partial charge in [0.25, 0.3) is 4.73 Å². The molecular formula is C8H4BrN5O4. The van der Waals surface area contributed by atoms with Crippen molar-refractivity contribution in [1.82, 2.24) is 19.7 Å². The van der Waals surface area contributed by atoms with Gasteiger partial charge in [-0.15, -0.1) is 4.68 Å². The van der Waals surface area contributed by atoms with Crippen LogP contribution in [0.2, 0.25) is 0 Å². The third-order valence-electron chi connectivity index (χ3n) is 1.93. The summed E-state index contributed by atoms with van der Waals surface area (Å²) in [6.07, 6.45) is 1.26. The van der Waals surface area contributed by atoms with Gasteiger partial charge in [-0.1, -0.05) is 0 Å². The highest BCUT2D eigenvalue weighted by Crippen LogP contribution is 2.17. The molecule has 0 aliphatic rings. The number of aromatic nitrogens is 4. The zero-order valence-electron chi connectivity index (χ0n) is 8.52. The number of carboxylic acid groups (broad SMARTS) is 1. The minimum atomic E-state index is -1.13. The van der Waals surface area contributed by atoms with E-state index in [4.69, 9.17) is 5.11 Å². The molecule has 92 valence electrons. The molecule has 18 heavy (non-hydrogen) atoms. The van der Waals surface area contributed by atoms with Crippen LogP contribution < -0.4 is 0 Å². The van der Waals surface area contributed by atoms with Gasteiger partial charge in [0.2, 0.25) is 0 Å². The van der Waals surface area contributed by atoms with Gasteiger partial charge < -0.3 is 15.2 Å². The van der Waals surface area contributed by atoms with Crippen LogP contribution in [0.25, 0.3) is 5.82 Å². The van der Waals surface area contributed by atoms with Crippen molar-refractivity contribution < 1.29 is 14.8 Å². The number of hydrogen-bond acceptors (Lipinski definition) is 6. The van der Waals surface area contributed by atoms with Crippen LogP contribution in [0.15, 0.2) is 23.1 Å². The van der Waals surface area contributed by atoms with E-state index in [9.17, 15) is 14.9 Å². The maximum Gasteiger partial charge on any atom is 0.492 e. The van der Waals surface area contributed by atoms with Crippen molar-refractivity contribution in [2.24, 2.45) is 0 Å². The highest BCUT2D eigenvalue weighted by atomic mass is 79.9. The van der Waals surface area contributed by atoms with Gasteiger partial charge in [-0.05, 0) is 22.0 Å². The average molecular weight is 314 g/mol. The first-order valence-electron chi connectivity index (χ1n) is 4.45. The largest absolute Gasteiger partial charge is 0.492 e. The van der Waals surface area contributed by atoms with Crippen LogP contribution in [-0.4, -0.2) is 35.7 Å². The van der Waals surface area contributed by atoms with Crippen LogP contribution in [0, 0.1) is 10.1 Å². The highest BCUT2D eigenvalue weighted by Gasteiger charge is 2.21. The third kappa shape index (κ3) is 2.18. The number of halogens is 1. The number of carbonyl (C=O) groups is 1. The maximum atomic E-state index is 10.8. The van der Waals surface area contributed by atoms with Crippen LogP contribution in [0.5, 0.6) is 0 Å². The van der Waals surface area contributed by atoms with E-state index >= 15 is 0 Å². The van der Waals surface area contributed by atoms with E-state index in [2.05, 4.69) is 31.0 Å². The lowest BCUT2D eigenvalue weighted by Gasteiger charge is -1.98. The summed E-state index contributed by atoms with van der Waals surface area (Å²) >= 11 is 2.98. The van der Waals surface area contributed by atoms with E-state index in [0.29, 0.717) is 0 Å². The Morgan fingerprint density at radius 3 is 2.83 bits per heavy atom. The predicted octanol–water partition coefficient (Wildman–Crippen LogP) is 1.03. The first-order valence-corrected chi connectivity index (χ1v) is 5.25. The quantitative estimate of drug-likeness (QED) is 0.662. The molecule has 2 aromatic heterocycles. The normalized spacial score (nSPS) is 10.3. The summed E-state index contributed by atoms with van der Waals surface area (Å²) in [6.45, 7) is 0. The molecule has 0 atom stereocenters. The van der Waals surface area contributed by atoms with Gasteiger partial charge in [0, 0.05) is 27.2 Å². The van der Waals surface area contributed by atoms with E-state index < -0.39 is 16.8 Å². The Bertz CT molecular complexity index is 640. The Balaban J connectivity index is 2.51. The lowest BCUT2D eigenvalue weighted by molar-refractivity contribution is -0.394. The Labute approximate surface area is 107 Å². The summed E-state index contributed by atoms with van der Waals surface area (Å²) in [6, 6.07) is 2.52. The van der Waals surface area contributed by atoms with Crippen molar-refractivity contribution in [1.29, 1.82) is 0 Å². The molecule has 0 aromatic carbocycles. The van der Waals surface area contributed by atoms with E-state index in [1.165, 1.54) is 18.3 Å². The van der Waals surface area contributed by atoms with E-state index in [-0.39, 0.29) is 16.1 Å². The van der Waals surface area contributed by atoms with Crippen LogP contribution in [-0.2, 0) is 0 Å². The van der Waals surface area contributed by atoms with Crippen LogP contribution in [0.4, 0.5) is 5.95 Å². The highest BCUT2D eigenvalue weighted by molar-refractivity contribution is 9.10. The SMILES string of the molecule is O=C(O)c1ccnc(-n2nc([N+](=O)[O-])nc2Br)c1. The zero-order chi connectivity index (χ0) is 13.3. The molecule has 0 saturated carbocycles. The standard InChI is InChI=1S/C8H4BrN5O4/c9-7-11-8(14(17)18)12-13(7)5-3-4(6(15)16)1-2-10-5/h1-3H,(H,15,16). The summed E-state index contributed by atoms with van der Waals surface area (Å²) in [5, 5.41) is 22.9. The molecule has 1 N–H and O–H groups in total. The van der Waals surface area contributed by atoms with E-state index in [1.807, 2.05) is 0 Å².